The zero-order valence-electron chi connectivity index (χ0n) is 11.9. The largest absolute Gasteiger partial charge is 0.396 e. The third-order valence-corrected chi connectivity index (χ3v) is 4.42. The Hall–Kier alpha value is -0.120. The lowest BCUT2D eigenvalue weighted by atomic mass is 9.71. The fourth-order valence-electron chi connectivity index (χ4n) is 2.79. The Labute approximate surface area is 106 Å². The Morgan fingerprint density at radius 3 is 2.47 bits per heavy atom. The number of aliphatic hydroxyl groups excluding tert-OH is 1. The molecule has 0 aromatic carbocycles. The highest BCUT2D eigenvalue weighted by molar-refractivity contribution is 4.87. The maximum absolute atomic E-state index is 9.73. The van der Waals surface area contributed by atoms with Crippen molar-refractivity contribution in [3.05, 3.63) is 0 Å². The highest BCUT2D eigenvalue weighted by Crippen LogP contribution is 2.39. The number of nitrogens with zero attached hydrogens (tertiary/aromatic N) is 1. The molecule has 0 radical (unpaired) electrons. The Bertz CT molecular complexity index is 212. The van der Waals surface area contributed by atoms with E-state index in [1.54, 1.807) is 7.11 Å². The number of hydrogen-bond donors (Lipinski definition) is 1. The minimum Gasteiger partial charge on any atom is -0.396 e. The summed E-state index contributed by atoms with van der Waals surface area (Å²) in [5, 5.41) is 9.73. The Balaban J connectivity index is 2.50. The molecule has 0 heterocycles. The molecule has 1 atom stereocenters. The van der Waals surface area contributed by atoms with Gasteiger partial charge in [-0.3, -0.25) is 0 Å². The molecule has 0 aromatic rings. The van der Waals surface area contributed by atoms with Crippen LogP contribution in [-0.2, 0) is 4.74 Å². The lowest BCUT2D eigenvalue weighted by molar-refractivity contribution is 0.0146. The number of ether oxygens (including phenoxy) is 1. The molecule has 17 heavy (non-hydrogen) atoms. The molecule has 1 fully saturated rings. The highest BCUT2D eigenvalue weighted by atomic mass is 16.5. The highest BCUT2D eigenvalue weighted by Gasteiger charge is 2.35. The predicted molar refractivity (Wildman–Crippen MR) is 71.1 cm³/mol. The van der Waals surface area contributed by atoms with Gasteiger partial charge in [0.25, 0.3) is 0 Å². The van der Waals surface area contributed by atoms with E-state index in [1.165, 1.54) is 12.8 Å². The van der Waals surface area contributed by atoms with Gasteiger partial charge in [0.2, 0.25) is 0 Å². The average molecular weight is 243 g/mol. The summed E-state index contributed by atoms with van der Waals surface area (Å²) in [6.45, 7) is 6.57. The van der Waals surface area contributed by atoms with Crippen LogP contribution in [0.15, 0.2) is 0 Å². The Kier molecular flexibility index (Phi) is 5.90. The Morgan fingerprint density at radius 2 is 2.00 bits per heavy atom. The van der Waals surface area contributed by atoms with Crippen molar-refractivity contribution in [1.82, 2.24) is 4.90 Å². The van der Waals surface area contributed by atoms with E-state index in [0.29, 0.717) is 12.6 Å². The van der Waals surface area contributed by atoms with Gasteiger partial charge >= 0.3 is 0 Å². The monoisotopic (exact) mass is 243 g/mol. The van der Waals surface area contributed by atoms with E-state index >= 15 is 0 Å². The second kappa shape index (κ2) is 6.72. The van der Waals surface area contributed by atoms with Crippen LogP contribution in [0.25, 0.3) is 0 Å². The summed E-state index contributed by atoms with van der Waals surface area (Å²) in [5.74, 6) is 0.830. The summed E-state index contributed by atoms with van der Waals surface area (Å²) in [4.78, 5) is 2.33. The van der Waals surface area contributed by atoms with Crippen LogP contribution in [0, 0.1) is 11.3 Å². The van der Waals surface area contributed by atoms with E-state index in [-0.39, 0.29) is 5.41 Å². The van der Waals surface area contributed by atoms with E-state index < -0.39 is 0 Å². The number of aliphatic hydroxyl groups is 1. The molecule has 3 heteroatoms. The zero-order valence-corrected chi connectivity index (χ0v) is 11.9. The molecule has 102 valence electrons. The minimum absolute atomic E-state index is 0.128. The third-order valence-electron chi connectivity index (χ3n) is 4.42. The molecular formula is C14H29NO2. The standard InChI is InChI=1S/C14H29NO2/c1-12-5-7-14(11-16,8-6-12)10-15(3)13(2)9-17-4/h12-13,16H,5-11H2,1-4H3. The number of likely N-dealkylation sites (N-methyl/N-ethyl adjacent to an activating group) is 1. The molecule has 0 spiro atoms. The first-order valence-electron chi connectivity index (χ1n) is 6.83. The molecule has 1 N–H and O–H groups in total. The van der Waals surface area contributed by atoms with Crippen molar-refractivity contribution in [3.63, 3.8) is 0 Å². The summed E-state index contributed by atoms with van der Waals surface area (Å²) in [5.41, 5.74) is 0.128. The predicted octanol–water partition coefficient (Wildman–Crippen LogP) is 2.14. The van der Waals surface area contributed by atoms with Crippen molar-refractivity contribution < 1.29 is 9.84 Å². The quantitative estimate of drug-likeness (QED) is 0.776. The fraction of sp³-hybridized carbons (Fsp3) is 1.00. The van der Waals surface area contributed by atoms with E-state index in [2.05, 4.69) is 25.8 Å². The van der Waals surface area contributed by atoms with Crippen molar-refractivity contribution >= 4 is 0 Å². The molecule has 1 rings (SSSR count). The first kappa shape index (κ1) is 14.9. The molecule has 1 aliphatic carbocycles. The maximum atomic E-state index is 9.73. The van der Waals surface area contributed by atoms with Crippen molar-refractivity contribution in [2.24, 2.45) is 11.3 Å². The topological polar surface area (TPSA) is 32.7 Å². The van der Waals surface area contributed by atoms with E-state index in [4.69, 9.17) is 4.74 Å². The van der Waals surface area contributed by atoms with E-state index in [1.807, 2.05) is 0 Å². The van der Waals surface area contributed by atoms with Gasteiger partial charge in [-0.05, 0) is 32.7 Å². The van der Waals surface area contributed by atoms with Crippen molar-refractivity contribution in [2.45, 2.75) is 45.6 Å². The van der Waals surface area contributed by atoms with Gasteiger partial charge in [-0.15, -0.1) is 0 Å². The minimum atomic E-state index is 0.128. The van der Waals surface area contributed by atoms with Crippen LogP contribution in [0.2, 0.25) is 0 Å². The van der Waals surface area contributed by atoms with Crippen LogP contribution in [-0.4, -0.2) is 50.0 Å². The molecule has 1 unspecified atom stereocenters. The van der Waals surface area contributed by atoms with Gasteiger partial charge in [0.15, 0.2) is 0 Å². The lowest BCUT2D eigenvalue weighted by Crippen LogP contribution is -2.45. The molecule has 1 aliphatic rings. The van der Waals surface area contributed by atoms with Gasteiger partial charge in [0.1, 0.15) is 0 Å². The Morgan fingerprint density at radius 1 is 1.41 bits per heavy atom. The second-order valence-electron chi connectivity index (χ2n) is 6.06. The molecule has 3 nitrogen and oxygen atoms in total. The van der Waals surface area contributed by atoms with Gasteiger partial charge in [-0.1, -0.05) is 19.8 Å². The van der Waals surface area contributed by atoms with Crippen molar-refractivity contribution in [3.8, 4) is 0 Å². The molecule has 0 amide bonds. The molecule has 0 aliphatic heterocycles. The molecule has 0 bridgehead atoms. The molecular weight excluding hydrogens is 214 g/mol. The SMILES string of the molecule is COCC(C)N(C)CC1(CO)CCC(C)CC1. The van der Waals surface area contributed by atoms with Gasteiger partial charge in [-0.25, -0.2) is 0 Å². The number of methoxy groups -OCH3 is 1. The van der Waals surface area contributed by atoms with E-state index in [0.717, 1.165) is 31.9 Å². The summed E-state index contributed by atoms with van der Waals surface area (Å²) in [6, 6.07) is 0.419. The van der Waals surface area contributed by atoms with Crippen LogP contribution in [0.1, 0.15) is 39.5 Å². The summed E-state index contributed by atoms with van der Waals surface area (Å²) in [6.07, 6.45) is 4.84. The molecule has 0 aromatic heterocycles. The normalized spacial score (nSPS) is 31.8. The smallest absolute Gasteiger partial charge is 0.0615 e. The third kappa shape index (κ3) is 4.23. The molecule has 1 saturated carbocycles. The van der Waals surface area contributed by atoms with Crippen LogP contribution < -0.4 is 0 Å². The van der Waals surface area contributed by atoms with Gasteiger partial charge in [0.05, 0.1) is 6.61 Å². The first-order chi connectivity index (χ1) is 8.03. The number of rotatable bonds is 6. The lowest BCUT2D eigenvalue weighted by Gasteiger charge is -2.42. The summed E-state index contributed by atoms with van der Waals surface area (Å²) >= 11 is 0. The second-order valence-corrected chi connectivity index (χ2v) is 6.06. The van der Waals surface area contributed by atoms with Gasteiger partial charge in [-0.2, -0.15) is 0 Å². The maximum Gasteiger partial charge on any atom is 0.0615 e. The van der Waals surface area contributed by atoms with Crippen LogP contribution in [0.3, 0.4) is 0 Å². The van der Waals surface area contributed by atoms with Crippen LogP contribution in [0.4, 0.5) is 0 Å². The first-order valence-corrected chi connectivity index (χ1v) is 6.83. The van der Waals surface area contributed by atoms with Crippen LogP contribution >= 0.6 is 0 Å². The van der Waals surface area contributed by atoms with Crippen molar-refractivity contribution in [1.29, 1.82) is 0 Å². The zero-order chi connectivity index (χ0) is 12.9. The fourth-order valence-corrected chi connectivity index (χ4v) is 2.79. The van der Waals surface area contributed by atoms with Crippen LogP contribution in [0.5, 0.6) is 0 Å². The summed E-state index contributed by atoms with van der Waals surface area (Å²) in [7, 11) is 3.88. The average Bonchev–Trinajstić information content (AvgIpc) is 2.33. The van der Waals surface area contributed by atoms with E-state index in [9.17, 15) is 5.11 Å². The number of hydrogen-bond acceptors (Lipinski definition) is 3. The van der Waals surface area contributed by atoms with Crippen molar-refractivity contribution in [2.75, 3.05) is 33.9 Å². The summed E-state index contributed by atoms with van der Waals surface area (Å²) < 4.78 is 5.19. The molecule has 0 saturated heterocycles. The van der Waals surface area contributed by atoms with Gasteiger partial charge in [0, 0.05) is 31.7 Å². The van der Waals surface area contributed by atoms with Gasteiger partial charge < -0.3 is 14.7 Å².